The van der Waals surface area contributed by atoms with Gasteiger partial charge in [-0.15, -0.1) is 0 Å². The number of halogens is 3. The molecule has 33 heavy (non-hydrogen) atoms. The second-order valence-corrected chi connectivity index (χ2v) is 13.0. The molecule has 2 unspecified atom stereocenters. The topological polar surface area (TPSA) is 75.7 Å². The fraction of sp³-hybridized carbons (Fsp3) is 0.435. The third-order valence-electron chi connectivity index (χ3n) is 5.43. The molecule has 3 rings (SSSR count). The van der Waals surface area contributed by atoms with Gasteiger partial charge in [0.25, 0.3) is 0 Å². The highest BCUT2D eigenvalue weighted by Crippen LogP contribution is 2.46. The van der Waals surface area contributed by atoms with Gasteiger partial charge in [0, 0.05) is 16.5 Å². The second-order valence-electron chi connectivity index (χ2n) is 9.25. The van der Waals surface area contributed by atoms with Crippen LogP contribution in [0, 0.1) is 3.57 Å². The maximum Gasteiger partial charge on any atom is 0.410 e. The molecular weight excluding hydrogens is 598 g/mol. The first-order valence-electron chi connectivity index (χ1n) is 10.4. The number of hydrogen-bond acceptors (Lipinski definition) is 4. The molecule has 0 saturated carbocycles. The van der Waals surface area contributed by atoms with Crippen LogP contribution in [0.15, 0.2) is 30.3 Å². The first-order chi connectivity index (χ1) is 15.2. The average molecular weight is 625 g/mol. The van der Waals surface area contributed by atoms with Gasteiger partial charge in [-0.25, -0.2) is 13.2 Å². The van der Waals surface area contributed by atoms with Crippen LogP contribution >= 0.6 is 45.8 Å². The van der Waals surface area contributed by atoms with Gasteiger partial charge in [0.15, 0.2) is 0 Å². The Morgan fingerprint density at radius 1 is 1.12 bits per heavy atom. The first kappa shape index (κ1) is 26.4. The lowest BCUT2D eigenvalue weighted by Gasteiger charge is -2.38. The summed E-state index contributed by atoms with van der Waals surface area (Å²) >= 11 is 14.5. The third kappa shape index (κ3) is 6.46. The Balaban J connectivity index is 2.11. The minimum atomic E-state index is -3.47. The standard InChI is InChI=1S/C23H27Cl2IN2O4S/c1-23(2,3)32-22(29)28(4)21-9-7-14(13-6-8-17(24)18(25)10-13)15-11-19(26)20(12-16(15)21)27-33(5,30)31/h6,8,10-12,14,21,27H,7,9H2,1-5H3. The van der Waals surface area contributed by atoms with E-state index in [0.29, 0.717) is 22.2 Å². The number of fused-ring (bicyclic) bond motifs is 1. The lowest BCUT2D eigenvalue weighted by molar-refractivity contribution is 0.0202. The van der Waals surface area contributed by atoms with Crippen molar-refractivity contribution in [2.75, 3.05) is 18.0 Å². The number of carbonyl (C=O) groups is 1. The van der Waals surface area contributed by atoms with Gasteiger partial charge in [-0.1, -0.05) is 29.3 Å². The molecule has 2 aromatic carbocycles. The quantitative estimate of drug-likeness (QED) is 0.380. The van der Waals surface area contributed by atoms with Crippen molar-refractivity contribution < 1.29 is 17.9 Å². The van der Waals surface area contributed by atoms with Crippen molar-refractivity contribution in [1.82, 2.24) is 4.90 Å². The van der Waals surface area contributed by atoms with Crippen LogP contribution in [-0.4, -0.2) is 38.3 Å². The monoisotopic (exact) mass is 624 g/mol. The second kappa shape index (κ2) is 9.79. The summed E-state index contributed by atoms with van der Waals surface area (Å²) in [5, 5.41) is 0.968. The van der Waals surface area contributed by atoms with Crippen LogP contribution in [0.2, 0.25) is 10.0 Å². The maximum atomic E-state index is 12.8. The van der Waals surface area contributed by atoms with E-state index in [1.54, 1.807) is 18.0 Å². The summed E-state index contributed by atoms with van der Waals surface area (Å²) in [5.41, 5.74) is 2.76. The summed E-state index contributed by atoms with van der Waals surface area (Å²) in [6.45, 7) is 5.47. The number of anilines is 1. The summed E-state index contributed by atoms with van der Waals surface area (Å²) in [4.78, 5) is 14.4. The number of rotatable bonds is 4. The fourth-order valence-corrected chi connectivity index (χ4v) is 5.73. The first-order valence-corrected chi connectivity index (χ1v) is 14.1. The van der Waals surface area contributed by atoms with Gasteiger partial charge >= 0.3 is 6.09 Å². The number of ether oxygens (including phenoxy) is 1. The van der Waals surface area contributed by atoms with Gasteiger partial charge in [-0.2, -0.15) is 0 Å². The predicted octanol–water partition coefficient (Wildman–Crippen LogP) is 6.80. The van der Waals surface area contributed by atoms with Crippen molar-refractivity contribution in [2.24, 2.45) is 0 Å². The van der Waals surface area contributed by atoms with Crippen molar-refractivity contribution >= 4 is 67.6 Å². The molecule has 10 heteroatoms. The smallest absolute Gasteiger partial charge is 0.410 e. The fourth-order valence-electron chi connectivity index (χ4n) is 4.05. The summed E-state index contributed by atoms with van der Waals surface area (Å²) in [6.07, 6.45) is 2.14. The molecular formula is C23H27Cl2IN2O4S. The predicted molar refractivity (Wildman–Crippen MR) is 142 cm³/mol. The number of amides is 1. The Morgan fingerprint density at radius 3 is 2.36 bits per heavy atom. The minimum Gasteiger partial charge on any atom is -0.444 e. The highest BCUT2D eigenvalue weighted by Gasteiger charge is 2.35. The normalized spacial score (nSPS) is 18.4. The summed E-state index contributed by atoms with van der Waals surface area (Å²) < 4.78 is 32.8. The molecule has 0 heterocycles. The molecule has 180 valence electrons. The number of nitrogens with zero attached hydrogens (tertiary/aromatic N) is 1. The van der Waals surface area contributed by atoms with Crippen molar-refractivity contribution in [2.45, 2.75) is 51.2 Å². The van der Waals surface area contributed by atoms with E-state index in [1.807, 2.05) is 45.0 Å². The van der Waals surface area contributed by atoms with E-state index in [4.69, 9.17) is 27.9 Å². The van der Waals surface area contributed by atoms with E-state index in [1.165, 1.54) is 0 Å². The molecule has 1 aliphatic carbocycles. The van der Waals surface area contributed by atoms with Crippen molar-refractivity contribution in [1.29, 1.82) is 0 Å². The lowest BCUT2D eigenvalue weighted by Crippen LogP contribution is -2.38. The number of carbonyl (C=O) groups excluding carboxylic acids is 1. The molecule has 0 fully saturated rings. The molecule has 2 aromatic rings. The van der Waals surface area contributed by atoms with Crippen LogP contribution in [0.4, 0.5) is 10.5 Å². The van der Waals surface area contributed by atoms with E-state index >= 15 is 0 Å². The largest absolute Gasteiger partial charge is 0.444 e. The minimum absolute atomic E-state index is 0.0267. The lowest BCUT2D eigenvalue weighted by atomic mass is 9.76. The van der Waals surface area contributed by atoms with Crippen molar-refractivity contribution in [3.63, 3.8) is 0 Å². The summed E-state index contributed by atoms with van der Waals surface area (Å²) in [5.74, 6) is 0.0267. The highest BCUT2D eigenvalue weighted by molar-refractivity contribution is 14.1. The van der Waals surface area contributed by atoms with E-state index in [2.05, 4.69) is 27.3 Å². The molecule has 1 aliphatic rings. The highest BCUT2D eigenvalue weighted by atomic mass is 127. The van der Waals surface area contributed by atoms with Gasteiger partial charge in [-0.3, -0.25) is 4.72 Å². The molecule has 0 saturated heterocycles. The molecule has 0 aliphatic heterocycles. The Morgan fingerprint density at radius 2 is 1.79 bits per heavy atom. The van der Waals surface area contributed by atoms with Crippen LogP contribution < -0.4 is 4.72 Å². The van der Waals surface area contributed by atoms with Crippen molar-refractivity contribution in [3.05, 3.63) is 60.6 Å². The molecule has 1 amide bonds. The van der Waals surface area contributed by atoms with Gasteiger partial charge < -0.3 is 9.64 Å². The van der Waals surface area contributed by atoms with Gasteiger partial charge in [0.1, 0.15) is 5.60 Å². The molecule has 0 radical (unpaired) electrons. The number of hydrogen-bond donors (Lipinski definition) is 1. The van der Waals surface area contributed by atoms with Crippen molar-refractivity contribution in [3.8, 4) is 0 Å². The zero-order chi connectivity index (χ0) is 24.7. The summed E-state index contributed by atoms with van der Waals surface area (Å²) in [7, 11) is -1.76. The number of nitrogens with one attached hydrogen (secondary N) is 1. The van der Waals surface area contributed by atoms with Crippen LogP contribution in [0.25, 0.3) is 0 Å². The number of benzene rings is 2. The van der Waals surface area contributed by atoms with E-state index in [9.17, 15) is 13.2 Å². The molecule has 1 N–H and O–H groups in total. The SMILES string of the molecule is CN(C(=O)OC(C)(C)C)C1CCC(c2ccc(Cl)c(Cl)c2)c2cc(I)c(NS(C)(=O)=O)cc21. The van der Waals surface area contributed by atoms with Gasteiger partial charge in [-0.05, 0) is 97.2 Å². The summed E-state index contributed by atoms with van der Waals surface area (Å²) in [6, 6.07) is 9.13. The van der Waals surface area contributed by atoms with Crippen LogP contribution in [0.1, 0.15) is 62.3 Å². The zero-order valence-corrected chi connectivity index (χ0v) is 23.6. The molecule has 2 atom stereocenters. The van der Waals surface area contributed by atoms with Gasteiger partial charge in [0.2, 0.25) is 10.0 Å². The van der Waals surface area contributed by atoms with Crippen LogP contribution in [-0.2, 0) is 14.8 Å². The third-order valence-corrected chi connectivity index (χ3v) is 7.65. The molecule has 0 aromatic heterocycles. The molecule has 0 bridgehead atoms. The Bertz CT molecular complexity index is 1180. The number of sulfonamides is 1. The Labute approximate surface area is 219 Å². The van der Waals surface area contributed by atoms with Crippen LogP contribution in [0.5, 0.6) is 0 Å². The Hall–Kier alpha value is -1.23. The zero-order valence-electron chi connectivity index (χ0n) is 19.1. The molecule has 0 spiro atoms. The van der Waals surface area contributed by atoms with E-state index < -0.39 is 21.7 Å². The van der Waals surface area contributed by atoms with E-state index in [-0.39, 0.29) is 12.0 Å². The van der Waals surface area contributed by atoms with E-state index in [0.717, 1.165) is 32.9 Å². The Kier molecular flexibility index (Phi) is 7.83. The van der Waals surface area contributed by atoms with Crippen LogP contribution in [0.3, 0.4) is 0 Å². The average Bonchev–Trinajstić information content (AvgIpc) is 2.67. The molecule has 6 nitrogen and oxygen atoms in total. The maximum absolute atomic E-state index is 12.8. The van der Waals surface area contributed by atoms with Gasteiger partial charge in [0.05, 0.1) is 28.0 Å².